The van der Waals surface area contributed by atoms with Crippen LogP contribution < -0.4 is 16.0 Å². The fraction of sp³-hybridized carbons (Fsp3) is 0.750. The zero-order valence-corrected chi connectivity index (χ0v) is 11.2. The van der Waals surface area contributed by atoms with Crippen LogP contribution in [0, 0.1) is 5.92 Å². The highest BCUT2D eigenvalue weighted by Crippen LogP contribution is 2.35. The van der Waals surface area contributed by atoms with Gasteiger partial charge in [0.05, 0.1) is 13.2 Å². The normalized spacial score (nSPS) is 26.3. The SMILES string of the molecule is CCC1CC1Nc1nc(N)nc(N2CCOCC2)n1. The van der Waals surface area contributed by atoms with Crippen LogP contribution in [0.25, 0.3) is 0 Å². The molecule has 2 atom stereocenters. The lowest BCUT2D eigenvalue weighted by atomic mass is 10.3. The quantitative estimate of drug-likeness (QED) is 0.818. The van der Waals surface area contributed by atoms with Gasteiger partial charge < -0.3 is 20.7 Å². The maximum absolute atomic E-state index is 5.77. The van der Waals surface area contributed by atoms with Crippen LogP contribution in [0.3, 0.4) is 0 Å². The maximum atomic E-state index is 5.77. The molecule has 7 heteroatoms. The van der Waals surface area contributed by atoms with Gasteiger partial charge in [0.15, 0.2) is 0 Å². The van der Waals surface area contributed by atoms with Gasteiger partial charge in [-0.2, -0.15) is 15.0 Å². The molecule has 2 heterocycles. The Balaban J connectivity index is 1.72. The summed E-state index contributed by atoms with van der Waals surface area (Å²) in [6.45, 7) is 5.20. The Labute approximate surface area is 112 Å². The Hall–Kier alpha value is -1.63. The third-order valence-corrected chi connectivity index (χ3v) is 3.70. The Morgan fingerprint density at radius 1 is 1.32 bits per heavy atom. The molecule has 0 spiro atoms. The standard InChI is InChI=1S/C12H20N6O/c1-2-8-7-9(8)14-11-15-10(13)16-12(17-11)18-3-5-19-6-4-18/h8-9H,2-7H2,1H3,(H3,13,14,15,16,17). The minimum Gasteiger partial charge on any atom is -0.378 e. The summed E-state index contributed by atoms with van der Waals surface area (Å²) < 4.78 is 5.33. The van der Waals surface area contributed by atoms with Gasteiger partial charge in [-0.25, -0.2) is 0 Å². The highest BCUT2D eigenvalue weighted by atomic mass is 16.5. The summed E-state index contributed by atoms with van der Waals surface area (Å²) in [7, 11) is 0. The molecule has 1 aliphatic carbocycles. The van der Waals surface area contributed by atoms with Gasteiger partial charge in [-0.1, -0.05) is 13.3 Å². The van der Waals surface area contributed by atoms with E-state index in [1.807, 2.05) is 0 Å². The minimum absolute atomic E-state index is 0.271. The lowest BCUT2D eigenvalue weighted by Crippen LogP contribution is -2.37. The van der Waals surface area contributed by atoms with Crippen molar-refractivity contribution in [2.75, 3.05) is 42.3 Å². The van der Waals surface area contributed by atoms with Gasteiger partial charge in [-0.05, 0) is 12.3 Å². The first-order valence-electron chi connectivity index (χ1n) is 6.87. The summed E-state index contributed by atoms with van der Waals surface area (Å²) >= 11 is 0. The summed E-state index contributed by atoms with van der Waals surface area (Å²) in [6.07, 6.45) is 2.38. The molecular weight excluding hydrogens is 244 g/mol. The molecular formula is C12H20N6O. The van der Waals surface area contributed by atoms with Gasteiger partial charge >= 0.3 is 0 Å². The summed E-state index contributed by atoms with van der Waals surface area (Å²) in [4.78, 5) is 14.9. The Kier molecular flexibility index (Phi) is 3.37. The number of aromatic nitrogens is 3. The molecule has 0 aromatic carbocycles. The van der Waals surface area contributed by atoms with Crippen LogP contribution in [-0.4, -0.2) is 47.3 Å². The largest absolute Gasteiger partial charge is 0.378 e. The second-order valence-corrected chi connectivity index (χ2v) is 5.07. The van der Waals surface area contributed by atoms with Crippen LogP contribution in [0.15, 0.2) is 0 Å². The fourth-order valence-electron chi connectivity index (χ4n) is 2.39. The first-order chi connectivity index (χ1) is 9.26. The van der Waals surface area contributed by atoms with E-state index >= 15 is 0 Å². The van der Waals surface area contributed by atoms with Crippen molar-refractivity contribution < 1.29 is 4.74 Å². The highest BCUT2D eigenvalue weighted by molar-refractivity contribution is 5.43. The van der Waals surface area contributed by atoms with Crippen molar-refractivity contribution in [3.05, 3.63) is 0 Å². The summed E-state index contributed by atoms with van der Waals surface area (Å²) in [5, 5.41) is 3.34. The Bertz CT molecular complexity index is 448. The van der Waals surface area contributed by atoms with Crippen LogP contribution in [0.4, 0.5) is 17.8 Å². The Morgan fingerprint density at radius 3 is 2.79 bits per heavy atom. The number of nitrogens with one attached hydrogen (secondary N) is 1. The van der Waals surface area contributed by atoms with Gasteiger partial charge in [-0.3, -0.25) is 0 Å². The highest BCUT2D eigenvalue weighted by Gasteiger charge is 2.36. The molecule has 1 aliphatic heterocycles. The number of nitrogen functional groups attached to an aromatic ring is 1. The van der Waals surface area contributed by atoms with Crippen molar-refractivity contribution in [2.45, 2.75) is 25.8 Å². The number of morpholine rings is 1. The fourth-order valence-corrected chi connectivity index (χ4v) is 2.39. The molecule has 0 bridgehead atoms. The third kappa shape index (κ3) is 2.86. The zero-order chi connectivity index (χ0) is 13.2. The van der Waals surface area contributed by atoms with Gasteiger partial charge in [0.1, 0.15) is 0 Å². The molecule has 7 nitrogen and oxygen atoms in total. The second kappa shape index (κ2) is 5.16. The molecule has 2 fully saturated rings. The van der Waals surface area contributed by atoms with Crippen molar-refractivity contribution in [1.82, 2.24) is 15.0 Å². The molecule has 1 saturated carbocycles. The molecule has 19 heavy (non-hydrogen) atoms. The maximum Gasteiger partial charge on any atom is 0.232 e. The van der Waals surface area contributed by atoms with Gasteiger partial charge in [0.2, 0.25) is 17.8 Å². The summed E-state index contributed by atoms with van der Waals surface area (Å²) in [5.41, 5.74) is 5.77. The number of hydrogen-bond acceptors (Lipinski definition) is 7. The van der Waals surface area contributed by atoms with Gasteiger partial charge in [0, 0.05) is 19.1 Å². The van der Waals surface area contributed by atoms with E-state index in [0.717, 1.165) is 19.0 Å². The van der Waals surface area contributed by atoms with E-state index in [1.165, 1.54) is 12.8 Å². The molecule has 0 amide bonds. The van der Waals surface area contributed by atoms with Crippen molar-refractivity contribution in [3.63, 3.8) is 0 Å². The summed E-state index contributed by atoms with van der Waals surface area (Å²) in [6, 6.07) is 0.490. The number of rotatable bonds is 4. The molecule has 3 N–H and O–H groups in total. The van der Waals surface area contributed by atoms with Crippen LogP contribution in [-0.2, 0) is 4.74 Å². The van der Waals surface area contributed by atoms with E-state index in [-0.39, 0.29) is 5.95 Å². The smallest absolute Gasteiger partial charge is 0.232 e. The molecule has 2 unspecified atom stereocenters. The van der Waals surface area contributed by atoms with Crippen LogP contribution in [0.5, 0.6) is 0 Å². The van der Waals surface area contributed by atoms with E-state index in [0.29, 0.717) is 31.2 Å². The van der Waals surface area contributed by atoms with Crippen LogP contribution in [0.1, 0.15) is 19.8 Å². The third-order valence-electron chi connectivity index (χ3n) is 3.70. The van der Waals surface area contributed by atoms with E-state index in [1.54, 1.807) is 0 Å². The number of anilines is 3. The van der Waals surface area contributed by atoms with Crippen molar-refractivity contribution in [3.8, 4) is 0 Å². The van der Waals surface area contributed by atoms with E-state index < -0.39 is 0 Å². The molecule has 0 radical (unpaired) electrons. The Morgan fingerprint density at radius 2 is 2.11 bits per heavy atom. The average Bonchev–Trinajstić information content (AvgIpc) is 3.17. The number of nitrogens with two attached hydrogens (primary N) is 1. The average molecular weight is 264 g/mol. The van der Waals surface area contributed by atoms with Crippen LogP contribution in [0.2, 0.25) is 0 Å². The lowest BCUT2D eigenvalue weighted by Gasteiger charge is -2.26. The minimum atomic E-state index is 0.271. The van der Waals surface area contributed by atoms with Crippen molar-refractivity contribution in [1.29, 1.82) is 0 Å². The predicted molar refractivity (Wildman–Crippen MR) is 73.1 cm³/mol. The lowest BCUT2D eigenvalue weighted by molar-refractivity contribution is 0.122. The summed E-state index contributed by atoms with van der Waals surface area (Å²) in [5.74, 6) is 2.25. The van der Waals surface area contributed by atoms with Gasteiger partial charge in [0.25, 0.3) is 0 Å². The number of hydrogen-bond donors (Lipinski definition) is 2. The van der Waals surface area contributed by atoms with E-state index in [4.69, 9.17) is 10.5 Å². The molecule has 1 saturated heterocycles. The van der Waals surface area contributed by atoms with Gasteiger partial charge in [-0.15, -0.1) is 0 Å². The molecule has 1 aromatic heterocycles. The molecule has 3 rings (SSSR count). The first-order valence-corrected chi connectivity index (χ1v) is 6.87. The number of nitrogens with zero attached hydrogens (tertiary/aromatic N) is 4. The molecule has 104 valence electrons. The second-order valence-electron chi connectivity index (χ2n) is 5.07. The van der Waals surface area contributed by atoms with Crippen molar-refractivity contribution >= 4 is 17.8 Å². The van der Waals surface area contributed by atoms with E-state index in [2.05, 4.69) is 32.1 Å². The molecule has 1 aromatic rings. The monoisotopic (exact) mass is 264 g/mol. The predicted octanol–water partition coefficient (Wildman–Crippen LogP) is 0.501. The number of ether oxygens (including phenoxy) is 1. The topological polar surface area (TPSA) is 89.2 Å². The van der Waals surface area contributed by atoms with E-state index in [9.17, 15) is 0 Å². The van der Waals surface area contributed by atoms with Crippen molar-refractivity contribution in [2.24, 2.45) is 5.92 Å². The zero-order valence-electron chi connectivity index (χ0n) is 11.2. The first kappa shape index (κ1) is 12.4. The molecule has 2 aliphatic rings. The van der Waals surface area contributed by atoms with Crippen LogP contribution >= 0.6 is 0 Å².